The number of thiophene rings is 1. The van der Waals surface area contributed by atoms with Crippen molar-refractivity contribution in [3.05, 3.63) is 163 Å². The average molecular weight is 747 g/mol. The van der Waals surface area contributed by atoms with Gasteiger partial charge in [0, 0.05) is 59.0 Å². The number of furan rings is 1. The minimum atomic E-state index is -0.0983. The van der Waals surface area contributed by atoms with E-state index in [2.05, 4.69) is 188 Å². The smallest absolute Gasteiger partial charge is 0.333 e. The second kappa shape index (κ2) is 11.1. The van der Waals surface area contributed by atoms with Gasteiger partial charge in [-0.05, 0) is 92.3 Å². The highest BCUT2D eigenvalue weighted by Crippen LogP contribution is 2.51. The standard InChI is InChI=1S/C52H35BN2OS/c1-52(2,3)32-24-25-41(38(27-32)30-14-5-4-6-15-30)54-42-29-46-39(34-18-10-12-23-45(34)57-46)28-40(42)53-48-43(54)26-31-16-7-8-17-33(31)47(48)36-20-13-21-37-49(36)55(53)50-35-19-9-11-22-44(35)56-51(37)50/h4-29H,1-3H3. The van der Waals surface area contributed by atoms with Crippen molar-refractivity contribution in [1.29, 1.82) is 0 Å². The third-order valence-corrected chi connectivity index (χ3v) is 13.8. The molecule has 2 aliphatic rings. The Labute approximate surface area is 334 Å². The van der Waals surface area contributed by atoms with Crippen molar-refractivity contribution < 1.29 is 4.42 Å². The predicted molar refractivity (Wildman–Crippen MR) is 244 cm³/mol. The minimum absolute atomic E-state index is 0.0133. The maximum Gasteiger partial charge on any atom is 0.333 e. The van der Waals surface area contributed by atoms with Gasteiger partial charge < -0.3 is 13.8 Å². The molecule has 3 nitrogen and oxygen atoms in total. The molecule has 13 rings (SSSR count). The molecule has 3 aromatic heterocycles. The van der Waals surface area contributed by atoms with Gasteiger partial charge >= 0.3 is 6.85 Å². The minimum Gasteiger partial charge on any atom is -0.454 e. The van der Waals surface area contributed by atoms with Gasteiger partial charge in [-0.25, -0.2) is 0 Å². The first kappa shape index (κ1) is 31.6. The fourth-order valence-corrected chi connectivity index (χ4v) is 11.3. The van der Waals surface area contributed by atoms with Crippen molar-refractivity contribution in [3.63, 3.8) is 0 Å². The molecule has 0 N–H and O–H groups in total. The van der Waals surface area contributed by atoms with Crippen LogP contribution in [0.25, 0.3) is 86.2 Å². The number of para-hydroxylation sites is 2. The average Bonchev–Trinajstić information content (AvgIpc) is 3.90. The Bertz CT molecular complexity index is 3530. The topological polar surface area (TPSA) is 21.3 Å². The molecular weight excluding hydrogens is 711 g/mol. The molecule has 8 aromatic carbocycles. The first-order valence-electron chi connectivity index (χ1n) is 19.9. The monoisotopic (exact) mass is 746 g/mol. The van der Waals surface area contributed by atoms with Gasteiger partial charge in [0.1, 0.15) is 5.58 Å². The lowest BCUT2D eigenvalue weighted by Gasteiger charge is -2.41. The van der Waals surface area contributed by atoms with Crippen LogP contribution in [-0.2, 0) is 5.41 Å². The lowest BCUT2D eigenvalue weighted by molar-refractivity contribution is 0.590. The molecule has 0 radical (unpaired) electrons. The molecule has 0 spiro atoms. The second-order valence-electron chi connectivity index (χ2n) is 16.8. The number of aromatic nitrogens is 1. The summed E-state index contributed by atoms with van der Waals surface area (Å²) in [4.78, 5) is 2.61. The van der Waals surface area contributed by atoms with Gasteiger partial charge in [-0.2, -0.15) is 0 Å². The van der Waals surface area contributed by atoms with E-state index in [9.17, 15) is 0 Å². The summed E-state index contributed by atoms with van der Waals surface area (Å²) in [5.74, 6) is 0. The number of benzene rings is 8. The van der Waals surface area contributed by atoms with Crippen molar-refractivity contribution in [3.8, 4) is 22.3 Å². The highest BCUT2D eigenvalue weighted by Gasteiger charge is 2.45. The normalized spacial score (nSPS) is 13.5. The molecule has 0 amide bonds. The first-order valence-corrected chi connectivity index (χ1v) is 20.7. The molecule has 0 unspecified atom stereocenters. The van der Waals surface area contributed by atoms with E-state index < -0.39 is 0 Å². The maximum absolute atomic E-state index is 6.83. The predicted octanol–water partition coefficient (Wildman–Crippen LogP) is 13.4. The Morgan fingerprint density at radius 1 is 0.544 bits per heavy atom. The molecule has 2 aliphatic heterocycles. The highest BCUT2D eigenvalue weighted by molar-refractivity contribution is 7.26. The van der Waals surface area contributed by atoms with Crippen LogP contribution < -0.4 is 15.8 Å². The van der Waals surface area contributed by atoms with Gasteiger partial charge in [0.25, 0.3) is 0 Å². The number of anilines is 3. The number of rotatable bonds is 2. The fourth-order valence-electron chi connectivity index (χ4n) is 10.2. The van der Waals surface area contributed by atoms with E-state index in [0.29, 0.717) is 0 Å². The summed E-state index contributed by atoms with van der Waals surface area (Å²) in [5.41, 5.74) is 16.9. The molecule has 11 aromatic rings. The number of hydrogen-bond acceptors (Lipinski definition) is 3. The third kappa shape index (κ3) is 4.17. The van der Waals surface area contributed by atoms with Gasteiger partial charge in [0.2, 0.25) is 0 Å². The van der Waals surface area contributed by atoms with Crippen LogP contribution in [0, 0.1) is 0 Å². The second-order valence-corrected chi connectivity index (χ2v) is 17.9. The molecule has 5 heterocycles. The lowest BCUT2D eigenvalue weighted by Crippen LogP contribution is -2.56. The summed E-state index contributed by atoms with van der Waals surface area (Å²) >= 11 is 1.89. The largest absolute Gasteiger partial charge is 0.454 e. The Morgan fingerprint density at radius 3 is 2.16 bits per heavy atom. The molecule has 0 aliphatic carbocycles. The summed E-state index contributed by atoms with van der Waals surface area (Å²) in [5, 5.41) is 7.44. The van der Waals surface area contributed by atoms with Crippen LogP contribution in [0.2, 0.25) is 0 Å². The van der Waals surface area contributed by atoms with Crippen LogP contribution in [0.15, 0.2) is 162 Å². The zero-order valence-electron chi connectivity index (χ0n) is 31.8. The summed E-state index contributed by atoms with van der Waals surface area (Å²) in [6.07, 6.45) is 0. The molecule has 0 saturated heterocycles. The lowest BCUT2D eigenvalue weighted by atomic mass is 9.44. The molecule has 0 saturated carbocycles. The summed E-state index contributed by atoms with van der Waals surface area (Å²) in [6.45, 7) is 6.83. The Hall–Kier alpha value is -6.56. The van der Waals surface area contributed by atoms with Crippen LogP contribution in [0.5, 0.6) is 0 Å². The van der Waals surface area contributed by atoms with E-state index in [1.54, 1.807) is 0 Å². The summed E-state index contributed by atoms with van der Waals surface area (Å²) < 4.78 is 12.1. The van der Waals surface area contributed by atoms with Gasteiger partial charge in [-0.15, -0.1) is 11.3 Å². The van der Waals surface area contributed by atoms with Gasteiger partial charge in [0.15, 0.2) is 5.58 Å². The van der Waals surface area contributed by atoms with E-state index in [0.717, 1.165) is 27.5 Å². The number of fused-ring (bicyclic) bond motifs is 14. The van der Waals surface area contributed by atoms with Gasteiger partial charge in [-0.1, -0.05) is 130 Å². The Morgan fingerprint density at radius 2 is 1.30 bits per heavy atom. The van der Waals surface area contributed by atoms with E-state index in [4.69, 9.17) is 4.42 Å². The Balaban J connectivity index is 1.25. The molecule has 0 atom stereocenters. The van der Waals surface area contributed by atoms with Gasteiger partial charge in [-0.3, -0.25) is 0 Å². The number of nitrogens with zero attached hydrogens (tertiary/aromatic N) is 2. The van der Waals surface area contributed by atoms with Crippen LogP contribution in [0.3, 0.4) is 0 Å². The molecule has 5 heteroatoms. The zero-order chi connectivity index (χ0) is 37.7. The van der Waals surface area contributed by atoms with E-state index >= 15 is 0 Å². The van der Waals surface area contributed by atoms with Crippen molar-refractivity contribution >= 4 is 110 Å². The zero-order valence-corrected chi connectivity index (χ0v) is 32.6. The number of hydrogen-bond donors (Lipinski definition) is 0. The molecule has 0 bridgehead atoms. The quantitative estimate of drug-likeness (QED) is 0.164. The van der Waals surface area contributed by atoms with Crippen LogP contribution >= 0.6 is 11.3 Å². The fraction of sp³-hybridized carbons (Fsp3) is 0.0769. The van der Waals surface area contributed by atoms with Crippen molar-refractivity contribution in [1.82, 2.24) is 4.48 Å². The molecule has 57 heavy (non-hydrogen) atoms. The van der Waals surface area contributed by atoms with Crippen LogP contribution in [0.1, 0.15) is 26.3 Å². The Kier molecular flexibility index (Phi) is 6.14. The highest BCUT2D eigenvalue weighted by atomic mass is 32.1. The third-order valence-electron chi connectivity index (χ3n) is 12.7. The summed E-state index contributed by atoms with van der Waals surface area (Å²) in [6, 6.07) is 58.9. The molecule has 268 valence electrons. The van der Waals surface area contributed by atoms with Gasteiger partial charge in [0.05, 0.1) is 11.2 Å². The summed E-state index contributed by atoms with van der Waals surface area (Å²) in [7, 11) is 0. The van der Waals surface area contributed by atoms with E-state index in [1.165, 1.54) is 92.3 Å². The van der Waals surface area contributed by atoms with Crippen molar-refractivity contribution in [2.75, 3.05) is 4.90 Å². The maximum atomic E-state index is 6.83. The van der Waals surface area contributed by atoms with E-state index in [-0.39, 0.29) is 12.3 Å². The first-order chi connectivity index (χ1) is 27.9. The van der Waals surface area contributed by atoms with Crippen molar-refractivity contribution in [2.24, 2.45) is 0 Å². The van der Waals surface area contributed by atoms with Crippen LogP contribution in [-0.4, -0.2) is 11.3 Å². The SMILES string of the molecule is CC(C)(C)c1ccc(N2c3cc4sc5ccccc5c4cc3B3c4c2cc2ccccc2c4-c2cccc4c5oc6ccccc6c5n3c24)c(-c2ccccc2)c1. The molecular formula is C52H35BN2OS. The van der Waals surface area contributed by atoms with Crippen molar-refractivity contribution in [2.45, 2.75) is 26.2 Å². The van der Waals surface area contributed by atoms with E-state index in [1.807, 2.05) is 11.3 Å². The molecule has 0 fully saturated rings. The van der Waals surface area contributed by atoms with Crippen LogP contribution in [0.4, 0.5) is 17.1 Å².